The van der Waals surface area contributed by atoms with Crippen LogP contribution in [0.15, 0.2) is 30.3 Å². The van der Waals surface area contributed by atoms with Crippen molar-refractivity contribution in [3.63, 3.8) is 0 Å². The molecule has 1 atom stereocenters. The molecular weight excluding hydrogens is 312 g/mol. The Morgan fingerprint density at radius 3 is 2.68 bits per heavy atom. The third-order valence-electron chi connectivity index (χ3n) is 5.40. The van der Waals surface area contributed by atoms with Gasteiger partial charge in [0.1, 0.15) is 5.75 Å². The standard InChI is InChI=1S/C21H32N2O2/c1-24-21-9-7-19(8-10-21)5-4-13-23-12-3-2-6-20(23)11-14-22-15-17-25-18-16-22/h4-5,7-10,20H,2-3,6,11-18H2,1H3/b5-4+/t20-/m0/s1. The molecule has 0 radical (unpaired) electrons. The van der Waals surface area contributed by atoms with Crippen molar-refractivity contribution in [3.8, 4) is 5.75 Å². The first-order chi connectivity index (χ1) is 12.3. The SMILES string of the molecule is COc1ccc(/C=C/CN2CCCC[C@H]2CCN2CCOCC2)cc1. The number of hydrogen-bond acceptors (Lipinski definition) is 4. The van der Waals surface area contributed by atoms with Crippen molar-refractivity contribution in [2.24, 2.45) is 0 Å². The van der Waals surface area contributed by atoms with Crippen LogP contribution in [0.5, 0.6) is 5.75 Å². The molecule has 3 rings (SSSR count). The van der Waals surface area contributed by atoms with Gasteiger partial charge in [-0.1, -0.05) is 30.7 Å². The summed E-state index contributed by atoms with van der Waals surface area (Å²) in [5, 5.41) is 0. The van der Waals surface area contributed by atoms with Crippen LogP contribution in [0.1, 0.15) is 31.2 Å². The summed E-state index contributed by atoms with van der Waals surface area (Å²) in [5.41, 5.74) is 1.24. The number of rotatable bonds is 7. The van der Waals surface area contributed by atoms with Gasteiger partial charge in [0, 0.05) is 25.7 Å². The van der Waals surface area contributed by atoms with E-state index in [4.69, 9.17) is 9.47 Å². The van der Waals surface area contributed by atoms with E-state index in [9.17, 15) is 0 Å². The second-order valence-corrected chi connectivity index (χ2v) is 7.06. The van der Waals surface area contributed by atoms with E-state index in [1.807, 2.05) is 12.1 Å². The number of likely N-dealkylation sites (tertiary alicyclic amines) is 1. The highest BCUT2D eigenvalue weighted by Crippen LogP contribution is 2.20. The van der Waals surface area contributed by atoms with Gasteiger partial charge < -0.3 is 9.47 Å². The molecule has 4 heteroatoms. The van der Waals surface area contributed by atoms with Crippen LogP contribution < -0.4 is 4.74 Å². The van der Waals surface area contributed by atoms with Gasteiger partial charge in [-0.2, -0.15) is 0 Å². The molecule has 4 nitrogen and oxygen atoms in total. The van der Waals surface area contributed by atoms with E-state index in [-0.39, 0.29) is 0 Å². The zero-order valence-corrected chi connectivity index (χ0v) is 15.5. The van der Waals surface area contributed by atoms with E-state index in [2.05, 4.69) is 34.1 Å². The summed E-state index contributed by atoms with van der Waals surface area (Å²) in [5.74, 6) is 0.913. The zero-order valence-electron chi connectivity index (χ0n) is 15.5. The smallest absolute Gasteiger partial charge is 0.118 e. The van der Waals surface area contributed by atoms with Gasteiger partial charge in [0.05, 0.1) is 20.3 Å². The van der Waals surface area contributed by atoms with Crippen LogP contribution in [0.25, 0.3) is 6.08 Å². The Hall–Kier alpha value is -1.36. The van der Waals surface area contributed by atoms with Crippen LogP contribution in [0.3, 0.4) is 0 Å². The van der Waals surface area contributed by atoms with E-state index in [1.165, 1.54) is 44.3 Å². The van der Waals surface area contributed by atoms with E-state index < -0.39 is 0 Å². The lowest BCUT2D eigenvalue weighted by atomic mass is 9.99. The van der Waals surface area contributed by atoms with Crippen molar-refractivity contribution in [2.75, 3.05) is 53.0 Å². The topological polar surface area (TPSA) is 24.9 Å². The van der Waals surface area contributed by atoms with Gasteiger partial charge in [-0.15, -0.1) is 0 Å². The molecule has 25 heavy (non-hydrogen) atoms. The van der Waals surface area contributed by atoms with E-state index >= 15 is 0 Å². The van der Waals surface area contributed by atoms with Gasteiger partial charge in [0.25, 0.3) is 0 Å². The third-order valence-corrected chi connectivity index (χ3v) is 5.40. The summed E-state index contributed by atoms with van der Waals surface area (Å²) >= 11 is 0. The van der Waals surface area contributed by atoms with Crippen molar-refractivity contribution >= 4 is 6.08 Å². The average molecular weight is 344 g/mol. The van der Waals surface area contributed by atoms with Crippen LogP contribution in [0.4, 0.5) is 0 Å². The Labute approximate surface area is 152 Å². The Morgan fingerprint density at radius 2 is 1.92 bits per heavy atom. The largest absolute Gasteiger partial charge is 0.497 e. The minimum absolute atomic E-state index is 0.733. The highest BCUT2D eigenvalue weighted by Gasteiger charge is 2.22. The molecule has 2 fully saturated rings. The van der Waals surface area contributed by atoms with E-state index in [0.29, 0.717) is 0 Å². The van der Waals surface area contributed by atoms with E-state index in [1.54, 1.807) is 7.11 Å². The highest BCUT2D eigenvalue weighted by molar-refractivity contribution is 5.50. The molecule has 0 aliphatic carbocycles. The molecule has 0 bridgehead atoms. The number of morpholine rings is 1. The fraction of sp³-hybridized carbons (Fsp3) is 0.619. The molecule has 2 aliphatic rings. The number of piperidine rings is 1. The molecule has 2 heterocycles. The van der Waals surface area contributed by atoms with Crippen LogP contribution in [0, 0.1) is 0 Å². The first-order valence-corrected chi connectivity index (χ1v) is 9.70. The molecule has 1 aromatic carbocycles. The normalized spacial score (nSPS) is 23.2. The number of hydrogen-bond donors (Lipinski definition) is 0. The van der Waals surface area contributed by atoms with Crippen LogP contribution >= 0.6 is 0 Å². The first kappa shape index (κ1) is 18.4. The summed E-state index contributed by atoms with van der Waals surface area (Å²) < 4.78 is 10.7. The van der Waals surface area contributed by atoms with Crippen LogP contribution in [-0.2, 0) is 4.74 Å². The number of nitrogens with zero attached hydrogens (tertiary/aromatic N) is 2. The van der Waals surface area contributed by atoms with Crippen molar-refractivity contribution in [1.82, 2.24) is 9.80 Å². The van der Waals surface area contributed by atoms with Crippen molar-refractivity contribution in [1.29, 1.82) is 0 Å². The lowest BCUT2D eigenvalue weighted by Gasteiger charge is -2.37. The number of benzene rings is 1. The lowest BCUT2D eigenvalue weighted by molar-refractivity contribution is 0.0315. The summed E-state index contributed by atoms with van der Waals surface area (Å²) in [6.45, 7) is 7.51. The third kappa shape index (κ3) is 5.84. The molecule has 2 saturated heterocycles. The van der Waals surface area contributed by atoms with Crippen LogP contribution in [0.2, 0.25) is 0 Å². The predicted octanol–water partition coefficient (Wildman–Crippen LogP) is 3.29. The minimum Gasteiger partial charge on any atom is -0.497 e. The molecule has 0 aromatic heterocycles. The quantitative estimate of drug-likeness (QED) is 0.758. The fourth-order valence-electron chi connectivity index (χ4n) is 3.82. The van der Waals surface area contributed by atoms with Crippen molar-refractivity contribution in [3.05, 3.63) is 35.9 Å². The molecule has 1 aromatic rings. The van der Waals surface area contributed by atoms with Gasteiger partial charge >= 0.3 is 0 Å². The monoisotopic (exact) mass is 344 g/mol. The highest BCUT2D eigenvalue weighted by atomic mass is 16.5. The molecule has 2 aliphatic heterocycles. The maximum Gasteiger partial charge on any atom is 0.118 e. The Kier molecular flexibility index (Phi) is 7.34. The van der Waals surface area contributed by atoms with E-state index in [0.717, 1.165) is 44.6 Å². The minimum atomic E-state index is 0.733. The second-order valence-electron chi connectivity index (χ2n) is 7.06. The first-order valence-electron chi connectivity index (χ1n) is 9.70. The molecule has 0 spiro atoms. The summed E-state index contributed by atoms with van der Waals surface area (Å²) in [6, 6.07) is 9.00. The molecule has 0 saturated carbocycles. The maximum atomic E-state index is 5.45. The Balaban J connectivity index is 1.47. The molecular formula is C21H32N2O2. The van der Waals surface area contributed by atoms with Crippen LogP contribution in [-0.4, -0.2) is 68.9 Å². The number of methoxy groups -OCH3 is 1. The average Bonchev–Trinajstić information content (AvgIpc) is 2.68. The molecule has 0 unspecified atom stereocenters. The van der Waals surface area contributed by atoms with Crippen molar-refractivity contribution < 1.29 is 9.47 Å². The van der Waals surface area contributed by atoms with Crippen molar-refractivity contribution in [2.45, 2.75) is 31.7 Å². The maximum absolute atomic E-state index is 5.45. The molecule has 138 valence electrons. The number of ether oxygens (including phenoxy) is 2. The van der Waals surface area contributed by atoms with Gasteiger partial charge in [-0.25, -0.2) is 0 Å². The van der Waals surface area contributed by atoms with Gasteiger partial charge in [-0.3, -0.25) is 9.80 Å². The summed E-state index contributed by atoms with van der Waals surface area (Å²) in [6.07, 6.45) is 9.90. The Bertz CT molecular complexity index is 523. The second kappa shape index (κ2) is 9.95. The van der Waals surface area contributed by atoms with Gasteiger partial charge in [-0.05, 0) is 50.0 Å². The Morgan fingerprint density at radius 1 is 1.12 bits per heavy atom. The lowest BCUT2D eigenvalue weighted by Crippen LogP contribution is -2.43. The molecule has 0 amide bonds. The van der Waals surface area contributed by atoms with Gasteiger partial charge in [0.2, 0.25) is 0 Å². The fourth-order valence-corrected chi connectivity index (χ4v) is 3.82. The zero-order chi connectivity index (χ0) is 17.3. The van der Waals surface area contributed by atoms with Gasteiger partial charge in [0.15, 0.2) is 0 Å². The predicted molar refractivity (Wildman–Crippen MR) is 103 cm³/mol. The summed E-state index contributed by atoms with van der Waals surface area (Å²) in [4.78, 5) is 5.23. The molecule has 0 N–H and O–H groups in total. The summed E-state index contributed by atoms with van der Waals surface area (Å²) in [7, 11) is 1.71.